The lowest BCUT2D eigenvalue weighted by molar-refractivity contribution is -0.138. The van der Waals surface area contributed by atoms with Crippen LogP contribution in [0.5, 0.6) is 0 Å². The molecule has 0 aromatic carbocycles. The maximum atomic E-state index is 11.0. The van der Waals surface area contributed by atoms with Gasteiger partial charge in [0.1, 0.15) is 0 Å². The van der Waals surface area contributed by atoms with Crippen molar-refractivity contribution in [2.24, 2.45) is 5.92 Å². The number of tetrazole rings is 1. The van der Waals surface area contributed by atoms with Gasteiger partial charge >= 0.3 is 5.97 Å². The van der Waals surface area contributed by atoms with Crippen molar-refractivity contribution >= 4 is 17.7 Å². The van der Waals surface area contributed by atoms with Crippen molar-refractivity contribution in [3.05, 3.63) is 5.82 Å². The minimum Gasteiger partial charge on any atom is -0.481 e. The molecule has 19 heavy (non-hydrogen) atoms. The summed E-state index contributed by atoms with van der Waals surface area (Å²) in [6.45, 7) is 4.01. The molecular weight excluding hydrogens is 264 g/mol. The third-order valence-corrected chi connectivity index (χ3v) is 4.83. The molecule has 106 valence electrons. The topological polar surface area (TPSA) is 80.9 Å². The van der Waals surface area contributed by atoms with Gasteiger partial charge in [-0.1, -0.05) is 20.3 Å². The van der Waals surface area contributed by atoms with E-state index in [1.807, 2.05) is 25.6 Å². The molecule has 2 heterocycles. The Morgan fingerprint density at radius 2 is 2.32 bits per heavy atom. The highest BCUT2D eigenvalue weighted by Crippen LogP contribution is 2.38. The Morgan fingerprint density at radius 1 is 1.53 bits per heavy atom. The molecule has 0 radical (unpaired) electrons. The van der Waals surface area contributed by atoms with Gasteiger partial charge in [-0.2, -0.15) is 11.8 Å². The molecule has 2 unspecified atom stereocenters. The van der Waals surface area contributed by atoms with Crippen molar-refractivity contribution in [1.82, 2.24) is 20.2 Å². The number of carbonyl (C=O) groups is 1. The lowest BCUT2D eigenvalue weighted by Gasteiger charge is -2.25. The van der Waals surface area contributed by atoms with Crippen molar-refractivity contribution in [3.63, 3.8) is 0 Å². The molecule has 0 saturated carbocycles. The number of thioether (sulfide) groups is 1. The maximum Gasteiger partial charge on any atom is 0.305 e. The second kappa shape index (κ2) is 6.36. The molecule has 1 aromatic heterocycles. The molecule has 0 aliphatic carbocycles. The normalized spacial score (nSPS) is 21.5. The van der Waals surface area contributed by atoms with Crippen LogP contribution in [0.1, 0.15) is 56.6 Å². The second-order valence-corrected chi connectivity index (χ2v) is 6.56. The number of aromatic nitrogens is 4. The van der Waals surface area contributed by atoms with Gasteiger partial charge in [-0.15, -0.1) is 5.10 Å². The molecule has 1 aliphatic rings. The number of aliphatic carboxylic acids is 1. The van der Waals surface area contributed by atoms with Gasteiger partial charge < -0.3 is 5.11 Å². The fourth-order valence-corrected chi connectivity index (χ4v) is 3.67. The summed E-state index contributed by atoms with van der Waals surface area (Å²) in [5, 5.41) is 21.3. The van der Waals surface area contributed by atoms with Crippen LogP contribution in [-0.2, 0) is 4.79 Å². The van der Waals surface area contributed by atoms with E-state index < -0.39 is 5.97 Å². The van der Waals surface area contributed by atoms with Crippen LogP contribution in [0.2, 0.25) is 0 Å². The van der Waals surface area contributed by atoms with Gasteiger partial charge in [0.2, 0.25) is 0 Å². The van der Waals surface area contributed by atoms with Gasteiger partial charge in [0.05, 0.1) is 17.7 Å². The maximum absolute atomic E-state index is 11.0. The summed E-state index contributed by atoms with van der Waals surface area (Å²) >= 11 is 1.87. The second-order valence-electron chi connectivity index (χ2n) is 5.25. The predicted molar refractivity (Wildman–Crippen MR) is 73.0 cm³/mol. The largest absolute Gasteiger partial charge is 0.481 e. The molecule has 1 aromatic rings. The SMILES string of the molecule is CC(C)C(CC(=O)O)n1nnnc1C1CCCCS1. The Kier molecular flexibility index (Phi) is 4.79. The molecule has 2 atom stereocenters. The van der Waals surface area contributed by atoms with Gasteiger partial charge in [0.15, 0.2) is 5.82 Å². The summed E-state index contributed by atoms with van der Waals surface area (Å²) in [6, 6.07) is -0.176. The van der Waals surface area contributed by atoms with E-state index in [1.54, 1.807) is 4.68 Å². The number of rotatable bonds is 5. The summed E-state index contributed by atoms with van der Waals surface area (Å²) in [7, 11) is 0. The minimum atomic E-state index is -0.809. The molecule has 1 aliphatic heterocycles. The van der Waals surface area contributed by atoms with E-state index in [4.69, 9.17) is 5.11 Å². The van der Waals surface area contributed by atoms with Crippen molar-refractivity contribution < 1.29 is 9.90 Å². The van der Waals surface area contributed by atoms with Crippen LogP contribution < -0.4 is 0 Å². The molecule has 1 N–H and O–H groups in total. The first kappa shape index (κ1) is 14.3. The van der Waals surface area contributed by atoms with E-state index in [9.17, 15) is 4.79 Å². The zero-order valence-electron chi connectivity index (χ0n) is 11.3. The molecule has 7 heteroatoms. The highest BCUT2D eigenvalue weighted by atomic mass is 32.2. The first-order valence-corrected chi connectivity index (χ1v) is 7.75. The Bertz CT molecular complexity index is 429. The molecule has 1 saturated heterocycles. The Hall–Kier alpha value is -1.11. The van der Waals surface area contributed by atoms with E-state index in [0.29, 0.717) is 5.25 Å². The molecule has 0 bridgehead atoms. The van der Waals surface area contributed by atoms with Crippen molar-refractivity contribution in [3.8, 4) is 0 Å². The van der Waals surface area contributed by atoms with Gasteiger partial charge in [0.25, 0.3) is 0 Å². The standard InChI is InChI=1S/C12H20N4O2S/c1-8(2)9(7-11(17)18)16-12(13-14-15-16)10-5-3-4-6-19-10/h8-10H,3-7H2,1-2H3,(H,17,18). The molecule has 2 rings (SSSR count). The summed E-state index contributed by atoms with van der Waals surface area (Å²) in [5.74, 6) is 1.34. The lowest BCUT2D eigenvalue weighted by atomic mass is 10.0. The van der Waals surface area contributed by atoms with Crippen LogP contribution >= 0.6 is 11.8 Å². The molecular formula is C12H20N4O2S. The molecule has 1 fully saturated rings. The first-order chi connectivity index (χ1) is 9.09. The average Bonchev–Trinajstić information content (AvgIpc) is 2.85. The van der Waals surface area contributed by atoms with Gasteiger partial charge in [-0.3, -0.25) is 4.79 Å². The number of hydrogen-bond acceptors (Lipinski definition) is 5. The predicted octanol–water partition coefficient (Wildman–Crippen LogP) is 2.30. The zero-order chi connectivity index (χ0) is 13.8. The van der Waals surface area contributed by atoms with Crippen LogP contribution in [0, 0.1) is 5.92 Å². The molecule has 6 nitrogen and oxygen atoms in total. The Balaban J connectivity index is 2.22. The van der Waals surface area contributed by atoms with Crippen LogP contribution in [0.15, 0.2) is 0 Å². The number of hydrogen-bond donors (Lipinski definition) is 1. The third kappa shape index (κ3) is 3.46. The van der Waals surface area contributed by atoms with E-state index in [0.717, 1.165) is 18.0 Å². The zero-order valence-corrected chi connectivity index (χ0v) is 12.1. The Morgan fingerprint density at radius 3 is 2.89 bits per heavy atom. The van der Waals surface area contributed by atoms with E-state index in [2.05, 4.69) is 15.5 Å². The van der Waals surface area contributed by atoms with Crippen LogP contribution in [0.3, 0.4) is 0 Å². The van der Waals surface area contributed by atoms with E-state index in [-0.39, 0.29) is 18.4 Å². The van der Waals surface area contributed by atoms with Gasteiger partial charge in [-0.25, -0.2) is 4.68 Å². The Labute approximate surface area is 117 Å². The van der Waals surface area contributed by atoms with Crippen LogP contribution in [0.25, 0.3) is 0 Å². The minimum absolute atomic E-state index is 0.0626. The van der Waals surface area contributed by atoms with Crippen molar-refractivity contribution in [2.75, 3.05) is 5.75 Å². The number of carboxylic acids is 1. The van der Waals surface area contributed by atoms with Gasteiger partial charge in [0, 0.05) is 0 Å². The molecule has 0 amide bonds. The summed E-state index contributed by atoms with van der Waals surface area (Å²) in [4.78, 5) is 11.0. The summed E-state index contributed by atoms with van der Waals surface area (Å²) in [6.07, 6.45) is 3.57. The lowest BCUT2D eigenvalue weighted by Crippen LogP contribution is -2.23. The average molecular weight is 284 g/mol. The molecule has 0 spiro atoms. The van der Waals surface area contributed by atoms with Crippen LogP contribution in [0.4, 0.5) is 0 Å². The van der Waals surface area contributed by atoms with Gasteiger partial charge in [-0.05, 0) is 34.9 Å². The first-order valence-electron chi connectivity index (χ1n) is 6.70. The highest BCUT2D eigenvalue weighted by Gasteiger charge is 2.28. The monoisotopic (exact) mass is 284 g/mol. The van der Waals surface area contributed by atoms with Crippen molar-refractivity contribution in [1.29, 1.82) is 0 Å². The van der Waals surface area contributed by atoms with Crippen molar-refractivity contribution in [2.45, 2.75) is 50.8 Å². The quantitative estimate of drug-likeness (QED) is 0.893. The fraction of sp³-hybridized carbons (Fsp3) is 0.833. The smallest absolute Gasteiger partial charge is 0.305 e. The van der Waals surface area contributed by atoms with E-state index in [1.165, 1.54) is 12.8 Å². The third-order valence-electron chi connectivity index (χ3n) is 3.45. The van der Waals surface area contributed by atoms with Crippen LogP contribution in [-0.4, -0.2) is 37.0 Å². The summed E-state index contributed by atoms with van der Waals surface area (Å²) < 4.78 is 1.74. The highest BCUT2D eigenvalue weighted by molar-refractivity contribution is 7.99. The number of carboxylic acid groups (broad SMARTS) is 1. The fourth-order valence-electron chi connectivity index (χ4n) is 2.38. The summed E-state index contributed by atoms with van der Waals surface area (Å²) in [5.41, 5.74) is 0. The van der Waals surface area contributed by atoms with E-state index >= 15 is 0 Å². The number of nitrogens with zero attached hydrogens (tertiary/aromatic N) is 4.